The number of nitrogens with zero attached hydrogens (tertiary/aromatic N) is 5. The molecule has 2 aromatic carbocycles. The first-order chi connectivity index (χ1) is 18.2. The van der Waals surface area contributed by atoms with E-state index in [2.05, 4.69) is 10.3 Å². The molecule has 10 nitrogen and oxygen atoms in total. The van der Waals surface area contributed by atoms with Gasteiger partial charge in [-0.1, -0.05) is 12.1 Å². The van der Waals surface area contributed by atoms with Crippen LogP contribution in [0, 0.1) is 11.6 Å². The fourth-order valence-electron chi connectivity index (χ4n) is 4.71. The molecule has 1 atom stereocenters. The number of fused-ring (bicyclic) bond motifs is 1. The molecule has 1 aromatic heterocycles. The average molecular weight is 546 g/mol. The Balaban J connectivity index is 1.35. The first-order valence-corrected chi connectivity index (χ1v) is 13.6. The number of hydrogen-bond donors (Lipinski definition) is 0. The monoisotopic (exact) mass is 545 g/mol. The molecular weight excluding hydrogens is 520 g/mol. The van der Waals surface area contributed by atoms with Crippen LogP contribution in [-0.2, 0) is 27.9 Å². The Kier molecular flexibility index (Phi) is 6.97. The Morgan fingerprint density at radius 2 is 1.95 bits per heavy atom. The van der Waals surface area contributed by atoms with E-state index in [9.17, 15) is 26.8 Å². The molecule has 2 aliphatic rings. The predicted octanol–water partition coefficient (Wildman–Crippen LogP) is 2.93. The van der Waals surface area contributed by atoms with Crippen molar-refractivity contribution in [1.82, 2.24) is 19.3 Å². The molecule has 0 bridgehead atoms. The smallest absolute Gasteiger partial charge is 0.299 e. The van der Waals surface area contributed by atoms with Gasteiger partial charge in [-0.2, -0.15) is 4.31 Å². The molecule has 1 unspecified atom stereocenters. The predicted molar refractivity (Wildman–Crippen MR) is 131 cm³/mol. The first-order valence-electron chi connectivity index (χ1n) is 12.2. The lowest BCUT2D eigenvalue weighted by atomic mass is 10.1. The third-order valence-corrected chi connectivity index (χ3v) is 8.50. The van der Waals surface area contributed by atoms with E-state index in [1.165, 1.54) is 27.4 Å². The summed E-state index contributed by atoms with van der Waals surface area (Å²) in [5.41, 5.74) is 0.802. The van der Waals surface area contributed by atoms with Crippen molar-refractivity contribution in [2.24, 2.45) is 0 Å². The fourth-order valence-corrected chi connectivity index (χ4v) is 6.42. The summed E-state index contributed by atoms with van der Waals surface area (Å²) in [7, 11) is -4.06. The van der Waals surface area contributed by atoms with Crippen molar-refractivity contribution >= 4 is 27.4 Å². The minimum atomic E-state index is -4.06. The van der Waals surface area contributed by atoms with Gasteiger partial charge in [0.2, 0.25) is 10.0 Å². The highest BCUT2D eigenvalue weighted by Gasteiger charge is 2.40. The Morgan fingerprint density at radius 1 is 1.13 bits per heavy atom. The number of carbonyl (C=O) groups is 2. The third kappa shape index (κ3) is 4.78. The Bertz CT molecular complexity index is 1510. The Morgan fingerprint density at radius 3 is 2.71 bits per heavy atom. The van der Waals surface area contributed by atoms with Crippen LogP contribution in [0.25, 0.3) is 0 Å². The van der Waals surface area contributed by atoms with Crippen LogP contribution in [0.2, 0.25) is 0 Å². The molecule has 1 fully saturated rings. The SMILES string of the molecule is CCCn1cc(CN2C(=O)C(=O)c3cc(S(=O)(=O)N4CCCC4COc4ccc(F)cc4F)ccc32)nn1. The van der Waals surface area contributed by atoms with Crippen molar-refractivity contribution < 1.29 is 31.5 Å². The standard InChI is InChI=1S/C25H25F2N5O5S/c1-2-9-30-13-17(28-29-30)14-31-22-7-6-19(12-20(22)24(33)25(31)34)38(35,36)32-10-3-4-18(32)15-37-23-8-5-16(26)11-21(23)27/h5-8,11-13,18H,2-4,9-10,14-15H2,1H3. The summed E-state index contributed by atoms with van der Waals surface area (Å²) in [5.74, 6) is -3.37. The van der Waals surface area contributed by atoms with Gasteiger partial charge in [0.05, 0.1) is 34.9 Å². The summed E-state index contributed by atoms with van der Waals surface area (Å²) in [6, 6.07) is 6.33. The highest BCUT2D eigenvalue weighted by Crippen LogP contribution is 2.34. The van der Waals surface area contributed by atoms with Crippen LogP contribution in [0.15, 0.2) is 47.5 Å². The number of anilines is 1. The number of ketones is 1. The number of rotatable bonds is 9. The van der Waals surface area contributed by atoms with Gasteiger partial charge in [0, 0.05) is 19.2 Å². The van der Waals surface area contributed by atoms with E-state index in [0.717, 1.165) is 18.6 Å². The molecule has 5 rings (SSSR count). The number of benzene rings is 2. The number of sulfonamides is 1. The third-order valence-electron chi connectivity index (χ3n) is 6.56. The lowest BCUT2D eigenvalue weighted by Crippen LogP contribution is -2.39. The molecule has 3 heterocycles. The lowest BCUT2D eigenvalue weighted by molar-refractivity contribution is -0.114. The minimum absolute atomic E-state index is 0.00240. The maximum atomic E-state index is 14.0. The highest BCUT2D eigenvalue weighted by atomic mass is 32.2. The van der Waals surface area contributed by atoms with Crippen molar-refractivity contribution in [3.63, 3.8) is 0 Å². The number of hydrogen-bond acceptors (Lipinski definition) is 7. The number of ether oxygens (including phenoxy) is 1. The number of aromatic nitrogens is 3. The topological polar surface area (TPSA) is 115 Å². The van der Waals surface area contributed by atoms with Crippen LogP contribution in [0.1, 0.15) is 42.2 Å². The van der Waals surface area contributed by atoms with Gasteiger partial charge in [-0.05, 0) is 49.6 Å². The first kappa shape index (κ1) is 25.9. The van der Waals surface area contributed by atoms with Crippen molar-refractivity contribution in [2.45, 2.75) is 50.2 Å². The lowest BCUT2D eigenvalue weighted by Gasteiger charge is -2.24. The van der Waals surface area contributed by atoms with E-state index in [-0.39, 0.29) is 35.9 Å². The second-order valence-electron chi connectivity index (χ2n) is 9.17. The van der Waals surface area contributed by atoms with Crippen molar-refractivity contribution in [2.75, 3.05) is 18.1 Å². The fraction of sp³-hybridized carbons (Fsp3) is 0.360. The molecule has 1 amide bonds. The van der Waals surface area contributed by atoms with Gasteiger partial charge >= 0.3 is 0 Å². The Hall–Kier alpha value is -3.71. The van der Waals surface area contributed by atoms with Crippen LogP contribution < -0.4 is 9.64 Å². The summed E-state index contributed by atoms with van der Waals surface area (Å²) in [4.78, 5) is 26.6. The summed E-state index contributed by atoms with van der Waals surface area (Å²) in [5, 5.41) is 8.05. The van der Waals surface area contributed by atoms with Crippen molar-refractivity contribution in [3.8, 4) is 5.75 Å². The molecule has 0 spiro atoms. The quantitative estimate of drug-likeness (QED) is 0.380. The summed E-state index contributed by atoms with van der Waals surface area (Å²) < 4.78 is 62.5. The zero-order valence-electron chi connectivity index (χ0n) is 20.5. The molecule has 13 heteroatoms. The maximum absolute atomic E-state index is 14.0. The van der Waals surface area contributed by atoms with Crippen LogP contribution in [0.4, 0.5) is 14.5 Å². The number of carbonyl (C=O) groups excluding carboxylic acids is 2. The molecule has 38 heavy (non-hydrogen) atoms. The van der Waals surface area contributed by atoms with Gasteiger partial charge in [0.25, 0.3) is 11.7 Å². The van der Waals surface area contributed by atoms with E-state index in [0.29, 0.717) is 36.8 Å². The number of Topliss-reactive ketones (excluding diaryl/α,β-unsaturated/α-hetero) is 1. The Labute approximate surface area is 217 Å². The molecule has 1 saturated heterocycles. The van der Waals surface area contributed by atoms with Crippen LogP contribution >= 0.6 is 0 Å². The van der Waals surface area contributed by atoms with E-state index in [1.807, 2.05) is 6.92 Å². The van der Waals surface area contributed by atoms with Gasteiger partial charge in [-0.3, -0.25) is 19.2 Å². The van der Waals surface area contributed by atoms with Gasteiger partial charge < -0.3 is 4.74 Å². The van der Waals surface area contributed by atoms with Crippen molar-refractivity contribution in [3.05, 3.63) is 65.5 Å². The molecule has 200 valence electrons. The minimum Gasteiger partial charge on any atom is -0.489 e. The van der Waals surface area contributed by atoms with Crippen LogP contribution in [-0.4, -0.2) is 58.6 Å². The van der Waals surface area contributed by atoms with E-state index in [1.54, 1.807) is 10.9 Å². The zero-order valence-corrected chi connectivity index (χ0v) is 21.3. The maximum Gasteiger partial charge on any atom is 0.299 e. The van der Waals surface area contributed by atoms with Gasteiger partial charge in [-0.25, -0.2) is 17.2 Å². The number of halogens is 2. The van der Waals surface area contributed by atoms with Gasteiger partial charge in [0.1, 0.15) is 18.1 Å². The molecule has 2 aliphatic heterocycles. The molecule has 3 aromatic rings. The van der Waals surface area contributed by atoms with E-state index >= 15 is 0 Å². The van der Waals surface area contributed by atoms with Crippen molar-refractivity contribution in [1.29, 1.82) is 0 Å². The summed E-state index contributed by atoms with van der Waals surface area (Å²) in [6.45, 7) is 2.77. The number of aryl methyl sites for hydroxylation is 1. The molecule has 0 aliphatic carbocycles. The largest absolute Gasteiger partial charge is 0.489 e. The van der Waals surface area contributed by atoms with E-state index < -0.39 is 39.4 Å². The van der Waals surface area contributed by atoms with Gasteiger partial charge in [0.15, 0.2) is 11.6 Å². The van der Waals surface area contributed by atoms with Crippen LogP contribution in [0.3, 0.4) is 0 Å². The molecule has 0 radical (unpaired) electrons. The highest BCUT2D eigenvalue weighted by molar-refractivity contribution is 7.89. The number of amides is 1. The summed E-state index contributed by atoms with van der Waals surface area (Å²) in [6.07, 6.45) is 3.60. The molecule has 0 N–H and O–H groups in total. The normalized spacial score (nSPS) is 17.9. The van der Waals surface area contributed by atoms with Gasteiger partial charge in [-0.15, -0.1) is 5.10 Å². The van der Waals surface area contributed by atoms with Crippen LogP contribution in [0.5, 0.6) is 5.75 Å². The van der Waals surface area contributed by atoms with E-state index in [4.69, 9.17) is 4.74 Å². The molecule has 0 saturated carbocycles. The zero-order chi connectivity index (χ0) is 27.0. The second kappa shape index (κ2) is 10.2. The summed E-state index contributed by atoms with van der Waals surface area (Å²) >= 11 is 0. The molecular formula is C25H25F2N5O5S. The second-order valence-corrected chi connectivity index (χ2v) is 11.1. The average Bonchev–Trinajstić information content (AvgIpc) is 3.60.